The van der Waals surface area contributed by atoms with E-state index in [1.807, 2.05) is 11.8 Å². The monoisotopic (exact) mass is 250 g/mol. The summed E-state index contributed by atoms with van der Waals surface area (Å²) in [4.78, 5) is 3.99. The lowest BCUT2D eigenvalue weighted by molar-refractivity contribution is 0.243. The van der Waals surface area contributed by atoms with Gasteiger partial charge < -0.3 is 10.2 Å². The quantitative estimate of drug-likeness (QED) is 0.825. The average Bonchev–Trinajstić information content (AvgIpc) is 2.38. The highest BCUT2D eigenvalue weighted by atomic mass is 32.2. The van der Waals surface area contributed by atoms with Crippen molar-refractivity contribution in [1.29, 1.82) is 0 Å². The predicted molar refractivity (Wildman–Crippen MR) is 76.0 cm³/mol. The Morgan fingerprint density at radius 1 is 1.29 bits per heavy atom. The Bertz CT molecular complexity index is 359. The van der Waals surface area contributed by atoms with Crippen molar-refractivity contribution in [3.63, 3.8) is 0 Å². The van der Waals surface area contributed by atoms with E-state index in [1.54, 1.807) is 0 Å². The number of nitrogens with zero attached hydrogens (tertiary/aromatic N) is 1. The Labute approximate surface area is 109 Å². The van der Waals surface area contributed by atoms with Crippen LogP contribution in [0.1, 0.15) is 11.1 Å². The van der Waals surface area contributed by atoms with Crippen molar-refractivity contribution in [2.75, 3.05) is 39.0 Å². The van der Waals surface area contributed by atoms with Crippen molar-refractivity contribution >= 4 is 11.8 Å². The van der Waals surface area contributed by atoms with Gasteiger partial charge in [-0.05, 0) is 31.2 Å². The van der Waals surface area contributed by atoms with Gasteiger partial charge >= 0.3 is 0 Å². The largest absolute Gasteiger partial charge is 0.314 e. The van der Waals surface area contributed by atoms with E-state index in [0.717, 1.165) is 13.1 Å². The molecule has 0 unspecified atom stereocenters. The molecule has 3 heteroatoms. The van der Waals surface area contributed by atoms with E-state index in [1.165, 1.54) is 42.1 Å². The normalized spacial score (nSPS) is 17.3. The van der Waals surface area contributed by atoms with Gasteiger partial charge in [0.25, 0.3) is 0 Å². The molecule has 1 aromatic carbocycles. The van der Waals surface area contributed by atoms with Gasteiger partial charge in [0.05, 0.1) is 0 Å². The summed E-state index contributed by atoms with van der Waals surface area (Å²) in [6.07, 6.45) is 3.34. The summed E-state index contributed by atoms with van der Waals surface area (Å²) in [5, 5.41) is 3.40. The van der Waals surface area contributed by atoms with Crippen LogP contribution in [-0.4, -0.2) is 43.9 Å². The molecule has 0 bridgehead atoms. The first-order chi connectivity index (χ1) is 8.29. The van der Waals surface area contributed by atoms with Gasteiger partial charge in [0, 0.05) is 37.6 Å². The first-order valence-corrected chi connectivity index (χ1v) is 7.58. The molecule has 0 aliphatic carbocycles. The van der Waals surface area contributed by atoms with Crippen molar-refractivity contribution in [2.24, 2.45) is 0 Å². The minimum atomic E-state index is 1.14. The maximum Gasteiger partial charge on any atom is 0.0108 e. The second-order valence-corrected chi connectivity index (χ2v) is 5.51. The first-order valence-electron chi connectivity index (χ1n) is 6.36. The lowest BCUT2D eigenvalue weighted by atomic mass is 10.1. The number of thioether (sulfide) groups is 1. The van der Waals surface area contributed by atoms with Crippen molar-refractivity contribution in [3.8, 4) is 0 Å². The number of aryl methyl sites for hydroxylation is 1. The molecule has 0 atom stereocenters. The van der Waals surface area contributed by atoms with E-state index < -0.39 is 0 Å². The van der Waals surface area contributed by atoms with Crippen LogP contribution in [0.15, 0.2) is 23.1 Å². The fourth-order valence-corrected chi connectivity index (χ4v) is 2.94. The first kappa shape index (κ1) is 12.9. The van der Waals surface area contributed by atoms with Crippen molar-refractivity contribution in [3.05, 3.63) is 29.3 Å². The predicted octanol–water partition coefficient (Wildman–Crippen LogP) is 2.16. The highest BCUT2D eigenvalue weighted by molar-refractivity contribution is 7.98. The van der Waals surface area contributed by atoms with Gasteiger partial charge in [-0.25, -0.2) is 0 Å². The van der Waals surface area contributed by atoms with Crippen LogP contribution in [0.3, 0.4) is 0 Å². The van der Waals surface area contributed by atoms with Gasteiger partial charge in [0.2, 0.25) is 0 Å². The van der Waals surface area contributed by atoms with E-state index in [0.29, 0.717) is 0 Å². The maximum absolute atomic E-state index is 3.40. The maximum atomic E-state index is 3.40. The van der Waals surface area contributed by atoms with Crippen LogP contribution >= 0.6 is 11.8 Å². The Morgan fingerprint density at radius 2 is 2.06 bits per heavy atom. The third-order valence-electron chi connectivity index (χ3n) is 3.34. The minimum absolute atomic E-state index is 1.14. The summed E-state index contributed by atoms with van der Waals surface area (Å²) in [7, 11) is 0. The Balaban J connectivity index is 1.95. The number of hydrogen-bond acceptors (Lipinski definition) is 3. The lowest BCUT2D eigenvalue weighted by Gasteiger charge is -2.27. The molecular formula is C14H22N2S. The standard InChI is InChI=1S/C14H22N2S/c1-12-3-4-14(17-2)13(11-12)5-8-16-9-6-15-7-10-16/h3-4,11,15H,5-10H2,1-2H3. The third-order valence-corrected chi connectivity index (χ3v) is 4.18. The summed E-state index contributed by atoms with van der Waals surface area (Å²) >= 11 is 1.86. The highest BCUT2D eigenvalue weighted by Gasteiger charge is 2.10. The number of nitrogens with one attached hydrogen (secondary N) is 1. The molecule has 94 valence electrons. The molecule has 1 aliphatic rings. The van der Waals surface area contributed by atoms with Crippen molar-refractivity contribution in [1.82, 2.24) is 10.2 Å². The second-order valence-electron chi connectivity index (χ2n) is 4.66. The number of piperazine rings is 1. The minimum Gasteiger partial charge on any atom is -0.314 e. The summed E-state index contributed by atoms with van der Waals surface area (Å²) in [5.74, 6) is 0. The molecule has 17 heavy (non-hydrogen) atoms. The zero-order chi connectivity index (χ0) is 12.1. The SMILES string of the molecule is CSc1ccc(C)cc1CCN1CCNCC1. The molecule has 1 aromatic rings. The molecule has 0 radical (unpaired) electrons. The third kappa shape index (κ3) is 3.73. The molecule has 1 fully saturated rings. The van der Waals surface area contributed by atoms with Gasteiger partial charge in [-0.15, -0.1) is 11.8 Å². The summed E-state index contributed by atoms with van der Waals surface area (Å²) in [6, 6.07) is 6.81. The van der Waals surface area contributed by atoms with E-state index in [-0.39, 0.29) is 0 Å². The Kier molecular flexibility index (Phi) is 4.89. The molecular weight excluding hydrogens is 228 g/mol. The average molecular weight is 250 g/mol. The Morgan fingerprint density at radius 3 is 2.76 bits per heavy atom. The van der Waals surface area contributed by atoms with Crippen LogP contribution in [0.2, 0.25) is 0 Å². The molecule has 2 nitrogen and oxygen atoms in total. The molecule has 0 saturated carbocycles. The van der Waals surface area contributed by atoms with Gasteiger partial charge in [-0.3, -0.25) is 0 Å². The molecule has 1 N–H and O–H groups in total. The summed E-state index contributed by atoms with van der Waals surface area (Å²) in [5.41, 5.74) is 2.88. The zero-order valence-corrected chi connectivity index (χ0v) is 11.6. The van der Waals surface area contributed by atoms with Crippen LogP contribution in [0, 0.1) is 6.92 Å². The Hall–Kier alpha value is -0.510. The van der Waals surface area contributed by atoms with Crippen LogP contribution < -0.4 is 5.32 Å². The van der Waals surface area contributed by atoms with Gasteiger partial charge in [-0.2, -0.15) is 0 Å². The molecule has 0 aromatic heterocycles. The molecule has 0 spiro atoms. The van der Waals surface area contributed by atoms with Crippen molar-refractivity contribution in [2.45, 2.75) is 18.2 Å². The van der Waals surface area contributed by atoms with E-state index >= 15 is 0 Å². The van der Waals surface area contributed by atoms with Crippen LogP contribution in [0.25, 0.3) is 0 Å². The van der Waals surface area contributed by atoms with E-state index in [4.69, 9.17) is 0 Å². The van der Waals surface area contributed by atoms with E-state index in [2.05, 4.69) is 41.6 Å². The van der Waals surface area contributed by atoms with Gasteiger partial charge in [0.15, 0.2) is 0 Å². The summed E-state index contributed by atoms with van der Waals surface area (Å²) < 4.78 is 0. The molecule has 0 amide bonds. The fraction of sp³-hybridized carbons (Fsp3) is 0.571. The van der Waals surface area contributed by atoms with Crippen molar-refractivity contribution < 1.29 is 0 Å². The van der Waals surface area contributed by atoms with E-state index in [9.17, 15) is 0 Å². The fourth-order valence-electron chi connectivity index (χ4n) is 2.32. The molecule has 1 saturated heterocycles. The summed E-state index contributed by atoms with van der Waals surface area (Å²) in [6.45, 7) is 8.05. The molecule has 1 aliphatic heterocycles. The highest BCUT2D eigenvalue weighted by Crippen LogP contribution is 2.22. The zero-order valence-electron chi connectivity index (χ0n) is 10.8. The van der Waals surface area contributed by atoms with Gasteiger partial charge in [-0.1, -0.05) is 17.7 Å². The second kappa shape index (κ2) is 6.43. The van der Waals surface area contributed by atoms with Crippen LogP contribution in [0.5, 0.6) is 0 Å². The van der Waals surface area contributed by atoms with Crippen LogP contribution in [0.4, 0.5) is 0 Å². The number of rotatable bonds is 4. The topological polar surface area (TPSA) is 15.3 Å². The molecule has 2 rings (SSSR count). The smallest absolute Gasteiger partial charge is 0.0108 e. The van der Waals surface area contributed by atoms with Crippen LogP contribution in [-0.2, 0) is 6.42 Å². The van der Waals surface area contributed by atoms with Gasteiger partial charge in [0.1, 0.15) is 0 Å². The lowest BCUT2D eigenvalue weighted by Crippen LogP contribution is -2.44. The molecule has 1 heterocycles. The number of hydrogen-bond donors (Lipinski definition) is 1. The number of benzene rings is 1.